The first-order chi connectivity index (χ1) is 22.7. The zero-order valence-corrected chi connectivity index (χ0v) is 26.1. The Morgan fingerprint density at radius 1 is 0.609 bits per heavy atom. The Labute approximate surface area is 270 Å². The molecular formula is C42H29N3S. The number of hydrogen-bond acceptors (Lipinski definition) is 2. The maximum absolute atomic E-state index is 6.81. The Kier molecular flexibility index (Phi) is 5.22. The monoisotopic (exact) mass is 607 g/mol. The van der Waals surface area contributed by atoms with Crippen LogP contribution in [0.25, 0.3) is 55.1 Å². The van der Waals surface area contributed by atoms with Crippen molar-refractivity contribution in [3.63, 3.8) is 0 Å². The zero-order valence-electron chi connectivity index (χ0n) is 25.2. The average molecular weight is 608 g/mol. The van der Waals surface area contributed by atoms with Gasteiger partial charge in [0.05, 0.1) is 33.2 Å². The van der Waals surface area contributed by atoms with Gasteiger partial charge < -0.3 is 10.3 Å². The fourth-order valence-electron chi connectivity index (χ4n) is 8.33. The molecule has 2 aliphatic heterocycles. The number of fused-ring (bicyclic) bond motifs is 14. The van der Waals surface area contributed by atoms with Crippen molar-refractivity contribution in [2.45, 2.75) is 22.1 Å². The van der Waals surface area contributed by atoms with Crippen LogP contribution < -0.4 is 5.73 Å². The second-order valence-corrected chi connectivity index (χ2v) is 13.3. The number of nitrogens with two attached hydrogens (primary N) is 1. The molecule has 10 rings (SSSR count). The molecule has 0 saturated carbocycles. The molecule has 0 aliphatic carbocycles. The minimum absolute atomic E-state index is 0.513. The fraction of sp³-hybridized carbons (Fsp3) is 0.0476. The van der Waals surface area contributed by atoms with Gasteiger partial charge in [-0.15, -0.1) is 0 Å². The van der Waals surface area contributed by atoms with Crippen LogP contribution in [0.15, 0.2) is 155 Å². The van der Waals surface area contributed by atoms with Crippen LogP contribution in [-0.4, -0.2) is 9.13 Å². The number of hydrogen-bond donors (Lipinski definition) is 1. The van der Waals surface area contributed by atoms with Gasteiger partial charge in [-0.3, -0.25) is 4.57 Å². The highest BCUT2D eigenvalue weighted by Gasteiger charge is 2.49. The van der Waals surface area contributed by atoms with Gasteiger partial charge in [0.15, 0.2) is 0 Å². The Bertz CT molecular complexity index is 2650. The molecule has 0 radical (unpaired) electrons. The van der Waals surface area contributed by atoms with Crippen molar-refractivity contribution < 1.29 is 0 Å². The summed E-state index contributed by atoms with van der Waals surface area (Å²) >= 11 is 1.87. The van der Waals surface area contributed by atoms with Gasteiger partial charge in [-0.05, 0) is 71.7 Å². The quantitative estimate of drug-likeness (QED) is 0.199. The number of allylic oxidation sites excluding steroid dienone is 3. The molecule has 0 bridgehead atoms. The van der Waals surface area contributed by atoms with Crippen molar-refractivity contribution in [1.29, 1.82) is 0 Å². The third kappa shape index (κ3) is 3.09. The molecule has 0 saturated heterocycles. The predicted octanol–water partition coefficient (Wildman–Crippen LogP) is 10.4. The average Bonchev–Trinajstić information content (AvgIpc) is 3.61. The van der Waals surface area contributed by atoms with Crippen LogP contribution in [0.1, 0.15) is 29.2 Å². The van der Waals surface area contributed by atoms with Gasteiger partial charge >= 0.3 is 0 Å². The number of nitrogens with zero attached hydrogens (tertiary/aromatic N) is 2. The number of rotatable bonds is 2. The first-order valence-electron chi connectivity index (χ1n) is 15.8. The lowest BCUT2D eigenvalue weighted by Gasteiger charge is -2.45. The standard InChI is InChI=1S/C42H29N3S/c1-2-3-23-40(43)44-34-19-8-5-14-27(34)29-24-33-39(25-37(29)44)46-38-22-11-7-17-31(38)42(33)30-16-6-10-21-36(30)45-35-20-9-4-13-26(35)28-15-12-18-32(42)41(28)45/h2-25H,43H2,1H3/b3-2-,40-23+. The summed E-state index contributed by atoms with van der Waals surface area (Å²) in [5.74, 6) is 0.706. The number of benzene rings is 6. The van der Waals surface area contributed by atoms with E-state index >= 15 is 0 Å². The molecule has 46 heavy (non-hydrogen) atoms. The lowest BCUT2D eigenvalue weighted by Crippen LogP contribution is -2.37. The van der Waals surface area contributed by atoms with E-state index in [-0.39, 0.29) is 0 Å². The SMILES string of the molecule is C/C=C\C=C(/N)n1c2ccccc2c2cc3c(cc21)Sc1ccccc1C31c2ccccc2-n2c3ccccc3c3cccc1c32. The Morgan fingerprint density at radius 2 is 1.28 bits per heavy atom. The third-order valence-corrected chi connectivity index (χ3v) is 11.2. The van der Waals surface area contributed by atoms with Crippen molar-refractivity contribution in [2.75, 3.05) is 0 Å². The summed E-state index contributed by atoms with van der Waals surface area (Å²) in [4.78, 5) is 2.54. The van der Waals surface area contributed by atoms with E-state index in [1.807, 2.05) is 36.9 Å². The van der Waals surface area contributed by atoms with Gasteiger partial charge in [0.1, 0.15) is 5.82 Å². The van der Waals surface area contributed by atoms with Crippen LogP contribution in [0.4, 0.5) is 0 Å². The molecule has 218 valence electrons. The van der Waals surface area contributed by atoms with Crippen LogP contribution in [0.5, 0.6) is 0 Å². The molecule has 0 amide bonds. The smallest absolute Gasteiger partial charge is 0.108 e. The minimum atomic E-state index is -0.513. The highest BCUT2D eigenvalue weighted by Crippen LogP contribution is 2.61. The van der Waals surface area contributed by atoms with Gasteiger partial charge in [0, 0.05) is 31.3 Å². The third-order valence-electron chi connectivity index (χ3n) is 10.1. The van der Waals surface area contributed by atoms with Gasteiger partial charge in [0.2, 0.25) is 0 Å². The highest BCUT2D eigenvalue weighted by atomic mass is 32.2. The summed E-state index contributed by atoms with van der Waals surface area (Å²) in [5.41, 5.74) is 17.6. The van der Waals surface area contributed by atoms with E-state index in [1.165, 1.54) is 70.3 Å². The van der Waals surface area contributed by atoms with Crippen molar-refractivity contribution >= 4 is 61.2 Å². The molecule has 2 N–H and O–H groups in total. The lowest BCUT2D eigenvalue weighted by atomic mass is 9.62. The van der Waals surface area contributed by atoms with Gasteiger partial charge in [-0.2, -0.15) is 0 Å². The molecule has 6 aromatic carbocycles. The predicted molar refractivity (Wildman–Crippen MR) is 193 cm³/mol. The Hall–Kier alpha value is -5.45. The van der Waals surface area contributed by atoms with E-state index in [0.717, 1.165) is 11.0 Å². The second-order valence-electron chi connectivity index (χ2n) is 12.3. The number of aromatic nitrogens is 2. The van der Waals surface area contributed by atoms with Crippen LogP contribution in [0.3, 0.4) is 0 Å². The molecule has 1 spiro atoms. The van der Waals surface area contributed by atoms with E-state index in [2.05, 4.69) is 137 Å². The molecule has 0 fully saturated rings. The summed E-state index contributed by atoms with van der Waals surface area (Å²) in [6, 6.07) is 47.3. The van der Waals surface area contributed by atoms with Gasteiger partial charge in [-0.1, -0.05) is 115 Å². The fourth-order valence-corrected chi connectivity index (χ4v) is 9.54. The summed E-state index contributed by atoms with van der Waals surface area (Å²) in [5, 5.41) is 4.99. The van der Waals surface area contributed by atoms with Crippen LogP contribution in [0.2, 0.25) is 0 Å². The van der Waals surface area contributed by atoms with Crippen molar-refractivity contribution in [2.24, 2.45) is 5.73 Å². The van der Waals surface area contributed by atoms with Crippen molar-refractivity contribution in [3.05, 3.63) is 168 Å². The van der Waals surface area contributed by atoms with Gasteiger partial charge in [-0.25, -0.2) is 0 Å². The topological polar surface area (TPSA) is 35.9 Å². The maximum atomic E-state index is 6.81. The van der Waals surface area contributed by atoms with E-state index in [1.54, 1.807) is 0 Å². The molecule has 1 unspecified atom stereocenters. The van der Waals surface area contributed by atoms with E-state index in [9.17, 15) is 0 Å². The molecular weight excluding hydrogens is 579 g/mol. The Balaban J connectivity index is 1.43. The largest absolute Gasteiger partial charge is 0.385 e. The van der Waals surface area contributed by atoms with Crippen LogP contribution >= 0.6 is 11.8 Å². The molecule has 2 aromatic heterocycles. The molecule has 1 atom stereocenters. The van der Waals surface area contributed by atoms with Crippen molar-refractivity contribution in [1.82, 2.24) is 9.13 Å². The van der Waals surface area contributed by atoms with Crippen LogP contribution in [0, 0.1) is 0 Å². The van der Waals surface area contributed by atoms with E-state index in [4.69, 9.17) is 5.73 Å². The van der Waals surface area contributed by atoms with Gasteiger partial charge in [0.25, 0.3) is 0 Å². The maximum Gasteiger partial charge on any atom is 0.108 e. The second kappa shape index (κ2) is 9.29. The van der Waals surface area contributed by atoms with Crippen LogP contribution in [-0.2, 0) is 5.41 Å². The first-order valence-corrected chi connectivity index (χ1v) is 16.6. The molecule has 3 nitrogen and oxygen atoms in total. The summed E-state index contributed by atoms with van der Waals surface area (Å²) in [7, 11) is 0. The summed E-state index contributed by atoms with van der Waals surface area (Å²) < 4.78 is 4.72. The summed E-state index contributed by atoms with van der Waals surface area (Å²) in [6.07, 6.45) is 6.01. The first kappa shape index (κ1) is 25.8. The normalized spacial score (nSPS) is 16.9. The zero-order chi connectivity index (χ0) is 30.6. The molecule has 4 heteroatoms. The Morgan fingerprint density at radius 3 is 2.13 bits per heavy atom. The minimum Gasteiger partial charge on any atom is -0.385 e. The number of para-hydroxylation sites is 4. The van der Waals surface area contributed by atoms with Crippen molar-refractivity contribution in [3.8, 4) is 5.69 Å². The highest BCUT2D eigenvalue weighted by molar-refractivity contribution is 7.99. The summed E-state index contributed by atoms with van der Waals surface area (Å²) in [6.45, 7) is 2.02. The molecule has 2 aliphatic rings. The van der Waals surface area contributed by atoms with E-state index < -0.39 is 5.41 Å². The van der Waals surface area contributed by atoms with E-state index in [0.29, 0.717) is 5.82 Å². The molecule has 4 heterocycles. The molecule has 8 aromatic rings. The lowest BCUT2D eigenvalue weighted by molar-refractivity contribution is 0.691.